The fourth-order valence-electron chi connectivity index (χ4n) is 6.90. The van der Waals surface area contributed by atoms with Crippen molar-refractivity contribution in [3.63, 3.8) is 0 Å². The van der Waals surface area contributed by atoms with E-state index in [1.807, 2.05) is 46.2 Å². The molecule has 9 heteroatoms. The number of hydrogen-bond acceptors (Lipinski definition) is 4. The standard InChI is InChI=1S/C29H30BrN5O3/c30-21-3-1-4-23-25(21)29(27(38)35(23)17-24(36)34-12-2-7-28(18-34)8-9-28)10-13-33(14-11-29)26(37)19-5-6-22-20(15-19)16-31-32-22/h1,3-6,15-16H,2,7-14,17-18H2,(H,31,32). The number of benzene rings is 2. The molecule has 4 aliphatic rings. The molecular formula is C29H30BrN5O3. The Morgan fingerprint density at radius 1 is 1.00 bits per heavy atom. The van der Waals surface area contributed by atoms with Gasteiger partial charge in [0.2, 0.25) is 11.8 Å². The van der Waals surface area contributed by atoms with Gasteiger partial charge in [0, 0.05) is 52.9 Å². The van der Waals surface area contributed by atoms with Crippen molar-refractivity contribution in [3.05, 3.63) is 58.2 Å². The Labute approximate surface area is 229 Å². The third-order valence-electron chi connectivity index (χ3n) is 9.27. The Kier molecular flexibility index (Phi) is 5.44. The molecule has 8 nitrogen and oxygen atoms in total. The van der Waals surface area contributed by atoms with Gasteiger partial charge in [0.1, 0.15) is 6.54 Å². The lowest BCUT2D eigenvalue weighted by Gasteiger charge is -2.39. The number of hydrogen-bond donors (Lipinski definition) is 1. The molecule has 1 saturated carbocycles. The lowest BCUT2D eigenvalue weighted by Crippen LogP contribution is -2.52. The molecule has 1 N–H and O–H groups in total. The van der Waals surface area contributed by atoms with E-state index in [1.54, 1.807) is 11.1 Å². The van der Waals surface area contributed by atoms with E-state index in [0.717, 1.165) is 46.1 Å². The van der Waals surface area contributed by atoms with Crippen molar-refractivity contribution >= 4 is 50.2 Å². The van der Waals surface area contributed by atoms with Gasteiger partial charge in [-0.1, -0.05) is 22.0 Å². The summed E-state index contributed by atoms with van der Waals surface area (Å²) in [5, 5.41) is 7.86. The molecule has 2 saturated heterocycles. The first-order valence-corrected chi connectivity index (χ1v) is 14.3. The average molecular weight is 576 g/mol. The SMILES string of the molecule is O=C(CN1C(=O)C2(CCN(C(=O)c3ccc4[nH]ncc4c3)CC2)c2c(Br)cccc21)N1CCCC2(CC2)C1. The molecular weight excluding hydrogens is 546 g/mol. The summed E-state index contributed by atoms with van der Waals surface area (Å²) >= 11 is 3.72. The third kappa shape index (κ3) is 3.69. The lowest BCUT2D eigenvalue weighted by molar-refractivity contribution is -0.134. The molecule has 1 aromatic heterocycles. The van der Waals surface area contributed by atoms with Gasteiger partial charge in [0.25, 0.3) is 5.91 Å². The van der Waals surface area contributed by atoms with Crippen LogP contribution >= 0.6 is 15.9 Å². The molecule has 2 aromatic carbocycles. The van der Waals surface area contributed by atoms with Crippen LogP contribution in [0.4, 0.5) is 5.69 Å². The number of amides is 3. The average Bonchev–Trinajstić information content (AvgIpc) is 3.42. The summed E-state index contributed by atoms with van der Waals surface area (Å²) in [5.74, 6) is -0.0146. The van der Waals surface area contributed by atoms with Crippen LogP contribution in [0.15, 0.2) is 47.1 Å². The molecule has 7 rings (SSSR count). The highest BCUT2D eigenvalue weighted by Crippen LogP contribution is 2.53. The van der Waals surface area contributed by atoms with Gasteiger partial charge in [-0.2, -0.15) is 5.10 Å². The number of H-pyrrole nitrogens is 1. The molecule has 0 bridgehead atoms. The van der Waals surface area contributed by atoms with Crippen LogP contribution in [0.1, 0.15) is 54.4 Å². The molecule has 0 atom stereocenters. The van der Waals surface area contributed by atoms with E-state index in [1.165, 1.54) is 19.3 Å². The maximum Gasteiger partial charge on any atom is 0.253 e. The van der Waals surface area contributed by atoms with Crippen molar-refractivity contribution in [2.45, 2.75) is 43.9 Å². The summed E-state index contributed by atoms with van der Waals surface area (Å²) in [6.45, 7) is 2.64. The Hall–Kier alpha value is -3.20. The summed E-state index contributed by atoms with van der Waals surface area (Å²) in [7, 11) is 0. The number of aromatic amines is 1. The van der Waals surface area contributed by atoms with Gasteiger partial charge in [-0.25, -0.2) is 0 Å². The highest BCUT2D eigenvalue weighted by Gasteiger charge is 2.54. The second-order valence-corrected chi connectivity index (χ2v) is 12.3. The Morgan fingerprint density at radius 2 is 1.82 bits per heavy atom. The number of likely N-dealkylation sites (tertiary alicyclic amines) is 2. The second-order valence-electron chi connectivity index (χ2n) is 11.5. The Bertz CT molecular complexity index is 1470. The van der Waals surface area contributed by atoms with E-state index in [0.29, 0.717) is 36.9 Å². The number of fused-ring (bicyclic) bond motifs is 3. The summed E-state index contributed by atoms with van der Waals surface area (Å²) < 4.78 is 0.887. The Morgan fingerprint density at radius 3 is 2.61 bits per heavy atom. The van der Waals surface area contributed by atoms with E-state index in [9.17, 15) is 14.4 Å². The normalized spacial score (nSPS) is 21.4. The van der Waals surface area contributed by atoms with E-state index >= 15 is 0 Å². The molecule has 4 heterocycles. The smallest absolute Gasteiger partial charge is 0.253 e. The largest absolute Gasteiger partial charge is 0.341 e. The van der Waals surface area contributed by atoms with Crippen LogP contribution in [0, 0.1) is 5.41 Å². The van der Waals surface area contributed by atoms with Crippen LogP contribution in [-0.4, -0.2) is 70.4 Å². The molecule has 3 aliphatic heterocycles. The zero-order valence-corrected chi connectivity index (χ0v) is 22.8. The summed E-state index contributed by atoms with van der Waals surface area (Å²) in [6, 6.07) is 11.4. The predicted octanol–water partition coefficient (Wildman–Crippen LogP) is 4.25. The van der Waals surface area contributed by atoms with Gasteiger partial charge in [0.05, 0.1) is 17.1 Å². The minimum atomic E-state index is -0.736. The second kappa shape index (κ2) is 8.66. The van der Waals surface area contributed by atoms with Crippen LogP contribution in [0.3, 0.4) is 0 Å². The highest BCUT2D eigenvalue weighted by atomic mass is 79.9. The molecule has 38 heavy (non-hydrogen) atoms. The topological polar surface area (TPSA) is 89.6 Å². The predicted molar refractivity (Wildman–Crippen MR) is 147 cm³/mol. The first-order valence-electron chi connectivity index (χ1n) is 13.5. The quantitative estimate of drug-likeness (QED) is 0.505. The molecule has 2 spiro atoms. The number of piperidine rings is 2. The van der Waals surface area contributed by atoms with Gasteiger partial charge >= 0.3 is 0 Å². The van der Waals surface area contributed by atoms with Gasteiger partial charge in [-0.05, 0) is 74.3 Å². The maximum absolute atomic E-state index is 14.1. The number of carbonyl (C=O) groups excluding carboxylic acids is 3. The van der Waals surface area contributed by atoms with E-state index in [2.05, 4.69) is 26.1 Å². The number of aromatic nitrogens is 2. The summed E-state index contributed by atoms with van der Waals surface area (Å²) in [6.07, 6.45) is 7.45. The molecule has 3 aromatic rings. The number of nitrogens with one attached hydrogen (secondary N) is 1. The zero-order valence-electron chi connectivity index (χ0n) is 21.2. The van der Waals surface area contributed by atoms with Crippen molar-refractivity contribution in [3.8, 4) is 0 Å². The first kappa shape index (κ1) is 23.9. The number of carbonyl (C=O) groups is 3. The fourth-order valence-corrected chi connectivity index (χ4v) is 7.63. The van der Waals surface area contributed by atoms with Crippen LogP contribution in [-0.2, 0) is 15.0 Å². The minimum Gasteiger partial charge on any atom is -0.341 e. The molecule has 1 aliphatic carbocycles. The van der Waals surface area contributed by atoms with Crippen molar-refractivity contribution in [2.24, 2.45) is 5.41 Å². The highest BCUT2D eigenvalue weighted by molar-refractivity contribution is 9.10. The van der Waals surface area contributed by atoms with E-state index in [-0.39, 0.29) is 24.3 Å². The first-order chi connectivity index (χ1) is 18.4. The van der Waals surface area contributed by atoms with Crippen molar-refractivity contribution in [1.82, 2.24) is 20.0 Å². The molecule has 0 radical (unpaired) electrons. The minimum absolute atomic E-state index is 0.0159. The number of halogens is 1. The van der Waals surface area contributed by atoms with E-state index < -0.39 is 5.41 Å². The van der Waals surface area contributed by atoms with E-state index in [4.69, 9.17) is 0 Å². The van der Waals surface area contributed by atoms with Gasteiger partial charge in [-0.3, -0.25) is 19.5 Å². The van der Waals surface area contributed by atoms with Gasteiger partial charge < -0.3 is 14.7 Å². The third-order valence-corrected chi connectivity index (χ3v) is 9.93. The van der Waals surface area contributed by atoms with Crippen molar-refractivity contribution < 1.29 is 14.4 Å². The van der Waals surface area contributed by atoms with Crippen LogP contribution < -0.4 is 4.90 Å². The summed E-state index contributed by atoms with van der Waals surface area (Å²) in [4.78, 5) is 46.4. The molecule has 196 valence electrons. The lowest BCUT2D eigenvalue weighted by atomic mass is 9.73. The van der Waals surface area contributed by atoms with Crippen molar-refractivity contribution in [1.29, 1.82) is 0 Å². The van der Waals surface area contributed by atoms with Gasteiger partial charge in [0.15, 0.2) is 0 Å². The molecule has 3 amide bonds. The maximum atomic E-state index is 14.1. The summed E-state index contributed by atoms with van der Waals surface area (Å²) in [5.41, 5.74) is 2.90. The van der Waals surface area contributed by atoms with Crippen LogP contribution in [0.2, 0.25) is 0 Å². The monoisotopic (exact) mass is 575 g/mol. The Balaban J connectivity index is 1.12. The fraction of sp³-hybridized carbons (Fsp3) is 0.448. The van der Waals surface area contributed by atoms with Gasteiger partial charge in [-0.15, -0.1) is 0 Å². The molecule has 0 unspecified atom stereocenters. The van der Waals surface area contributed by atoms with Crippen LogP contribution in [0.5, 0.6) is 0 Å². The number of anilines is 1. The zero-order chi connectivity index (χ0) is 26.1. The molecule has 3 fully saturated rings. The number of rotatable bonds is 3. The number of nitrogens with zero attached hydrogens (tertiary/aromatic N) is 4. The van der Waals surface area contributed by atoms with Crippen molar-refractivity contribution in [2.75, 3.05) is 37.6 Å². The van der Waals surface area contributed by atoms with Crippen LogP contribution in [0.25, 0.3) is 10.9 Å².